The van der Waals surface area contributed by atoms with Crippen LogP contribution in [0.5, 0.6) is 0 Å². The van der Waals surface area contributed by atoms with E-state index in [1.807, 2.05) is 42.5 Å². The van der Waals surface area contributed by atoms with E-state index in [-0.39, 0.29) is 11.9 Å². The summed E-state index contributed by atoms with van der Waals surface area (Å²) in [5.41, 5.74) is 1.82. The SMILES string of the molecule is O=C(O)C1CCN(C(=O)C=Cc2cccnc2)C(c2ccccc2)C1. The Morgan fingerprint density at radius 1 is 1.16 bits per heavy atom. The second-order valence-electron chi connectivity index (χ2n) is 6.14. The number of carbonyl (C=O) groups is 2. The standard InChI is InChI=1S/C20H20N2O3/c23-19(9-8-15-5-4-11-21-14-15)22-12-10-17(20(24)25)13-18(22)16-6-2-1-3-7-16/h1-9,11,14,17-18H,10,12-13H2,(H,24,25). The molecule has 5 heteroatoms. The van der Waals surface area contributed by atoms with E-state index >= 15 is 0 Å². The van der Waals surface area contributed by atoms with Gasteiger partial charge in [-0.25, -0.2) is 0 Å². The molecule has 3 rings (SSSR count). The number of rotatable bonds is 4. The molecular formula is C20H20N2O3. The van der Waals surface area contributed by atoms with Gasteiger partial charge in [0.1, 0.15) is 0 Å². The Labute approximate surface area is 146 Å². The minimum absolute atomic E-state index is 0.110. The highest BCUT2D eigenvalue weighted by atomic mass is 16.4. The molecule has 2 aromatic rings. The number of carboxylic acid groups (broad SMARTS) is 1. The van der Waals surface area contributed by atoms with E-state index < -0.39 is 11.9 Å². The second kappa shape index (κ2) is 7.75. The third-order valence-corrected chi connectivity index (χ3v) is 4.52. The number of hydrogen-bond donors (Lipinski definition) is 1. The number of piperidine rings is 1. The van der Waals surface area contributed by atoms with E-state index in [0.29, 0.717) is 19.4 Å². The zero-order valence-electron chi connectivity index (χ0n) is 13.8. The number of aliphatic carboxylic acids is 1. The first-order valence-electron chi connectivity index (χ1n) is 8.31. The normalized spacial score (nSPS) is 20.6. The molecule has 1 N–H and O–H groups in total. The molecule has 1 aliphatic heterocycles. The fourth-order valence-corrected chi connectivity index (χ4v) is 3.18. The minimum atomic E-state index is -0.793. The molecule has 2 unspecified atom stereocenters. The summed E-state index contributed by atoms with van der Waals surface area (Å²) in [6.45, 7) is 0.437. The smallest absolute Gasteiger partial charge is 0.306 e. The van der Waals surface area contributed by atoms with Crippen molar-refractivity contribution in [3.05, 3.63) is 72.1 Å². The Morgan fingerprint density at radius 2 is 1.96 bits per heavy atom. The maximum atomic E-state index is 12.7. The lowest BCUT2D eigenvalue weighted by atomic mass is 9.87. The molecule has 1 saturated heterocycles. The molecule has 1 fully saturated rings. The van der Waals surface area contributed by atoms with Gasteiger partial charge < -0.3 is 10.0 Å². The number of benzene rings is 1. The van der Waals surface area contributed by atoms with Crippen LogP contribution >= 0.6 is 0 Å². The van der Waals surface area contributed by atoms with Crippen molar-refractivity contribution in [2.45, 2.75) is 18.9 Å². The topological polar surface area (TPSA) is 70.5 Å². The molecule has 0 saturated carbocycles. The maximum Gasteiger partial charge on any atom is 0.306 e. The predicted octanol–water partition coefficient (Wildman–Crippen LogP) is 3.16. The van der Waals surface area contributed by atoms with Gasteiger partial charge in [-0.2, -0.15) is 0 Å². The molecule has 0 spiro atoms. The molecule has 128 valence electrons. The molecule has 1 aromatic heterocycles. The van der Waals surface area contributed by atoms with Crippen molar-refractivity contribution in [3.8, 4) is 0 Å². The molecule has 1 aromatic carbocycles. The van der Waals surface area contributed by atoms with Gasteiger partial charge >= 0.3 is 5.97 Å². The van der Waals surface area contributed by atoms with Crippen molar-refractivity contribution in [1.29, 1.82) is 0 Å². The summed E-state index contributed by atoms with van der Waals surface area (Å²) in [7, 11) is 0. The van der Waals surface area contributed by atoms with Gasteiger partial charge in [0.25, 0.3) is 0 Å². The molecular weight excluding hydrogens is 316 g/mol. The van der Waals surface area contributed by atoms with Crippen LogP contribution in [0.3, 0.4) is 0 Å². The summed E-state index contributed by atoms with van der Waals surface area (Å²) < 4.78 is 0. The van der Waals surface area contributed by atoms with Crippen molar-refractivity contribution in [2.24, 2.45) is 5.92 Å². The van der Waals surface area contributed by atoms with E-state index in [0.717, 1.165) is 11.1 Å². The number of nitrogens with zero attached hydrogens (tertiary/aromatic N) is 2. The van der Waals surface area contributed by atoms with E-state index in [4.69, 9.17) is 0 Å². The number of aromatic nitrogens is 1. The van der Waals surface area contributed by atoms with Crippen LogP contribution in [0.1, 0.15) is 30.0 Å². The average molecular weight is 336 g/mol. The Morgan fingerprint density at radius 3 is 2.64 bits per heavy atom. The van der Waals surface area contributed by atoms with E-state index in [9.17, 15) is 14.7 Å². The Bertz CT molecular complexity index is 759. The summed E-state index contributed by atoms with van der Waals surface area (Å²) in [4.78, 5) is 29.9. The summed E-state index contributed by atoms with van der Waals surface area (Å²) in [5.74, 6) is -1.32. The maximum absolute atomic E-state index is 12.7. The van der Waals surface area contributed by atoms with Gasteiger partial charge in [-0.3, -0.25) is 14.6 Å². The van der Waals surface area contributed by atoms with Gasteiger partial charge in [-0.05, 0) is 36.1 Å². The summed E-state index contributed by atoms with van der Waals surface area (Å²) >= 11 is 0. The fraction of sp³-hybridized carbons (Fsp3) is 0.250. The van der Waals surface area contributed by atoms with Crippen LogP contribution in [-0.4, -0.2) is 33.4 Å². The van der Waals surface area contributed by atoms with Gasteiger partial charge in [0.2, 0.25) is 5.91 Å². The minimum Gasteiger partial charge on any atom is -0.481 e. The van der Waals surface area contributed by atoms with Gasteiger partial charge in [-0.15, -0.1) is 0 Å². The fourth-order valence-electron chi connectivity index (χ4n) is 3.18. The molecule has 25 heavy (non-hydrogen) atoms. The van der Waals surface area contributed by atoms with Crippen molar-refractivity contribution in [3.63, 3.8) is 0 Å². The lowest BCUT2D eigenvalue weighted by molar-refractivity contribution is -0.146. The summed E-state index contributed by atoms with van der Waals surface area (Å²) in [6, 6.07) is 13.1. The highest BCUT2D eigenvalue weighted by molar-refractivity contribution is 5.92. The zero-order chi connectivity index (χ0) is 17.6. The molecule has 1 aliphatic rings. The van der Waals surface area contributed by atoms with E-state index in [1.54, 1.807) is 23.4 Å². The van der Waals surface area contributed by atoms with Crippen molar-refractivity contribution in [1.82, 2.24) is 9.88 Å². The van der Waals surface area contributed by atoms with Crippen molar-refractivity contribution >= 4 is 18.0 Å². The summed E-state index contributed by atoms with van der Waals surface area (Å²) in [5, 5.41) is 9.36. The molecule has 1 amide bonds. The predicted molar refractivity (Wildman–Crippen MR) is 94.5 cm³/mol. The van der Waals surface area contributed by atoms with Gasteiger partial charge in [0, 0.05) is 25.0 Å². The number of amides is 1. The largest absolute Gasteiger partial charge is 0.481 e. The van der Waals surface area contributed by atoms with E-state index in [2.05, 4.69) is 4.98 Å². The van der Waals surface area contributed by atoms with Crippen molar-refractivity contribution < 1.29 is 14.7 Å². The molecule has 0 bridgehead atoms. The van der Waals surface area contributed by atoms with Crippen LogP contribution in [0.4, 0.5) is 0 Å². The lowest BCUT2D eigenvalue weighted by Crippen LogP contribution is -2.42. The first kappa shape index (κ1) is 16.9. The molecule has 0 radical (unpaired) electrons. The van der Waals surface area contributed by atoms with Crippen LogP contribution in [0, 0.1) is 5.92 Å². The Hall–Kier alpha value is -2.95. The van der Waals surface area contributed by atoms with Gasteiger partial charge in [0.05, 0.1) is 12.0 Å². The number of carbonyl (C=O) groups excluding carboxylic acids is 1. The first-order valence-corrected chi connectivity index (χ1v) is 8.31. The molecule has 0 aliphatic carbocycles. The number of carboxylic acids is 1. The molecule has 5 nitrogen and oxygen atoms in total. The second-order valence-corrected chi connectivity index (χ2v) is 6.14. The average Bonchev–Trinajstić information content (AvgIpc) is 2.67. The number of pyridine rings is 1. The quantitative estimate of drug-likeness (QED) is 0.871. The lowest BCUT2D eigenvalue weighted by Gasteiger charge is -2.38. The van der Waals surface area contributed by atoms with Crippen LogP contribution in [-0.2, 0) is 9.59 Å². The van der Waals surface area contributed by atoms with Crippen LogP contribution < -0.4 is 0 Å². The van der Waals surface area contributed by atoms with Crippen LogP contribution in [0.25, 0.3) is 6.08 Å². The molecule has 2 heterocycles. The molecule has 2 atom stereocenters. The van der Waals surface area contributed by atoms with Crippen molar-refractivity contribution in [2.75, 3.05) is 6.54 Å². The Kier molecular flexibility index (Phi) is 5.23. The highest BCUT2D eigenvalue weighted by Gasteiger charge is 2.34. The van der Waals surface area contributed by atoms with E-state index in [1.165, 1.54) is 6.08 Å². The third kappa shape index (κ3) is 4.12. The first-order chi connectivity index (χ1) is 12.1. The van der Waals surface area contributed by atoms with Crippen LogP contribution in [0.2, 0.25) is 0 Å². The third-order valence-electron chi connectivity index (χ3n) is 4.52. The summed E-state index contributed by atoms with van der Waals surface area (Å²) in [6.07, 6.45) is 7.56. The zero-order valence-corrected chi connectivity index (χ0v) is 13.8. The monoisotopic (exact) mass is 336 g/mol. The van der Waals surface area contributed by atoms with Crippen LogP contribution in [0.15, 0.2) is 60.9 Å². The highest BCUT2D eigenvalue weighted by Crippen LogP contribution is 2.34. The van der Waals surface area contributed by atoms with Gasteiger partial charge in [0.15, 0.2) is 0 Å². The number of likely N-dealkylation sites (tertiary alicyclic amines) is 1. The Balaban J connectivity index is 1.81. The number of hydrogen-bond acceptors (Lipinski definition) is 3. The van der Waals surface area contributed by atoms with Gasteiger partial charge in [-0.1, -0.05) is 36.4 Å².